The van der Waals surface area contributed by atoms with Gasteiger partial charge in [-0.15, -0.1) is 0 Å². The summed E-state index contributed by atoms with van der Waals surface area (Å²) >= 11 is 0. The molecule has 0 heterocycles. The normalized spacial score (nSPS) is 26.8. The maximum atomic E-state index is 12.4. The van der Waals surface area contributed by atoms with Crippen LogP contribution in [0.15, 0.2) is 0 Å². The first-order chi connectivity index (χ1) is 5.79. The van der Waals surface area contributed by atoms with E-state index in [9.17, 15) is 9.18 Å². The Kier molecular flexibility index (Phi) is 3.47. The Morgan fingerprint density at radius 2 is 2.42 bits per heavy atom. The third-order valence-electron chi connectivity index (χ3n) is 1.85. The number of carbonyl (C=O) groups is 1. The number of hydroxylamine groups is 2. The molecular weight excluding hydrogens is 161 g/mol. The summed E-state index contributed by atoms with van der Waals surface area (Å²) in [5.41, 5.74) is 0. The molecule has 0 bridgehead atoms. The highest BCUT2D eigenvalue weighted by Gasteiger charge is 2.43. The Bertz CT molecular complexity index is 154. The van der Waals surface area contributed by atoms with Crippen molar-refractivity contribution >= 4 is 6.41 Å². The second kappa shape index (κ2) is 4.40. The Hall–Kier alpha value is -0.640. The number of hydrogen-bond donors (Lipinski definition) is 0. The minimum Gasteiger partial charge on any atom is -0.276 e. The first-order valence-electron chi connectivity index (χ1n) is 4.30. The first-order valence-corrected chi connectivity index (χ1v) is 4.30. The van der Waals surface area contributed by atoms with Crippen molar-refractivity contribution in [2.75, 3.05) is 6.61 Å². The number of amides is 1. The molecule has 2 unspecified atom stereocenters. The maximum Gasteiger partial charge on any atom is 0.233 e. The lowest BCUT2D eigenvalue weighted by molar-refractivity contribution is -0.177. The molecule has 1 fully saturated rings. The van der Waals surface area contributed by atoms with Gasteiger partial charge in [0.25, 0.3) is 0 Å². The van der Waals surface area contributed by atoms with Crippen LogP contribution in [-0.2, 0) is 9.63 Å². The Balaban J connectivity index is 2.13. The fraction of sp³-hybridized carbons (Fsp3) is 0.875. The highest BCUT2D eigenvalue weighted by Crippen LogP contribution is 2.30. The summed E-state index contributed by atoms with van der Waals surface area (Å²) < 4.78 is 12.4. The minimum atomic E-state index is -0.878. The van der Waals surface area contributed by atoms with Crippen molar-refractivity contribution in [3.63, 3.8) is 0 Å². The molecule has 70 valence electrons. The van der Waals surface area contributed by atoms with Gasteiger partial charge in [0, 0.05) is 6.42 Å². The third kappa shape index (κ3) is 2.44. The van der Waals surface area contributed by atoms with Crippen LogP contribution in [0, 0.1) is 0 Å². The van der Waals surface area contributed by atoms with Crippen LogP contribution in [0.2, 0.25) is 0 Å². The number of carbonyl (C=O) groups excluding carboxylic acids is 1. The van der Waals surface area contributed by atoms with Gasteiger partial charge >= 0.3 is 0 Å². The van der Waals surface area contributed by atoms with Gasteiger partial charge in [-0.2, -0.15) is 0 Å². The molecule has 1 saturated carbocycles. The SMILES string of the molecule is CCCCON(C=O)C1CC1F. The molecule has 0 aliphatic heterocycles. The van der Waals surface area contributed by atoms with E-state index in [1.54, 1.807) is 0 Å². The largest absolute Gasteiger partial charge is 0.276 e. The van der Waals surface area contributed by atoms with Crippen LogP contribution < -0.4 is 0 Å². The fourth-order valence-electron chi connectivity index (χ4n) is 0.934. The Morgan fingerprint density at radius 3 is 2.83 bits per heavy atom. The van der Waals surface area contributed by atoms with Gasteiger partial charge in [-0.3, -0.25) is 9.63 Å². The lowest BCUT2D eigenvalue weighted by Crippen LogP contribution is -2.26. The van der Waals surface area contributed by atoms with Crippen LogP contribution in [-0.4, -0.2) is 30.3 Å². The molecule has 0 aromatic rings. The van der Waals surface area contributed by atoms with Crippen LogP contribution in [0.5, 0.6) is 0 Å². The highest BCUT2D eigenvalue weighted by atomic mass is 19.1. The smallest absolute Gasteiger partial charge is 0.233 e. The summed E-state index contributed by atoms with van der Waals surface area (Å²) in [6.45, 7) is 2.53. The van der Waals surface area contributed by atoms with E-state index < -0.39 is 6.17 Å². The molecule has 0 saturated heterocycles. The van der Waals surface area contributed by atoms with E-state index in [0.717, 1.165) is 17.9 Å². The van der Waals surface area contributed by atoms with Gasteiger partial charge in [-0.1, -0.05) is 13.3 Å². The van der Waals surface area contributed by atoms with E-state index in [1.165, 1.54) is 0 Å². The van der Waals surface area contributed by atoms with Crippen molar-refractivity contribution in [1.29, 1.82) is 0 Å². The number of halogens is 1. The van der Waals surface area contributed by atoms with Crippen LogP contribution in [0.3, 0.4) is 0 Å². The lowest BCUT2D eigenvalue weighted by atomic mass is 10.4. The molecule has 1 amide bonds. The monoisotopic (exact) mass is 175 g/mol. The van der Waals surface area contributed by atoms with Gasteiger partial charge in [0.1, 0.15) is 6.17 Å². The molecule has 0 spiro atoms. The van der Waals surface area contributed by atoms with Gasteiger partial charge in [-0.25, -0.2) is 9.45 Å². The third-order valence-corrected chi connectivity index (χ3v) is 1.85. The van der Waals surface area contributed by atoms with Crippen LogP contribution in [0.1, 0.15) is 26.2 Å². The molecular formula is C8H14FNO2. The molecule has 1 rings (SSSR count). The van der Waals surface area contributed by atoms with Crippen LogP contribution in [0.25, 0.3) is 0 Å². The van der Waals surface area contributed by atoms with Gasteiger partial charge in [0.05, 0.1) is 12.6 Å². The van der Waals surface area contributed by atoms with E-state index in [0.29, 0.717) is 19.4 Å². The second-order valence-electron chi connectivity index (χ2n) is 2.97. The Labute approximate surface area is 71.4 Å². The molecule has 0 N–H and O–H groups in total. The average Bonchev–Trinajstić information content (AvgIpc) is 2.77. The lowest BCUT2D eigenvalue weighted by Gasteiger charge is -2.15. The second-order valence-corrected chi connectivity index (χ2v) is 2.97. The molecule has 0 radical (unpaired) electrons. The summed E-state index contributed by atoms with van der Waals surface area (Å²) in [5, 5.41) is 1.10. The predicted molar refractivity (Wildman–Crippen MR) is 42.1 cm³/mol. The van der Waals surface area contributed by atoms with Crippen molar-refractivity contribution in [1.82, 2.24) is 5.06 Å². The molecule has 1 aliphatic rings. The molecule has 1 aliphatic carbocycles. The van der Waals surface area contributed by atoms with Gasteiger partial charge < -0.3 is 0 Å². The number of nitrogens with zero attached hydrogens (tertiary/aromatic N) is 1. The molecule has 12 heavy (non-hydrogen) atoms. The predicted octanol–water partition coefficient (Wildman–Crippen LogP) is 1.29. The summed E-state index contributed by atoms with van der Waals surface area (Å²) in [6, 6.07) is -0.320. The van der Waals surface area contributed by atoms with Crippen LogP contribution >= 0.6 is 0 Å². The number of hydrogen-bond acceptors (Lipinski definition) is 2. The van der Waals surface area contributed by atoms with Crippen molar-refractivity contribution in [2.24, 2.45) is 0 Å². The summed E-state index contributed by atoms with van der Waals surface area (Å²) in [5.74, 6) is 0. The van der Waals surface area contributed by atoms with Crippen molar-refractivity contribution in [3.05, 3.63) is 0 Å². The van der Waals surface area contributed by atoms with Gasteiger partial charge in [-0.05, 0) is 6.42 Å². The van der Waals surface area contributed by atoms with E-state index in [4.69, 9.17) is 4.84 Å². The molecule has 4 heteroatoms. The topological polar surface area (TPSA) is 29.5 Å². The van der Waals surface area contributed by atoms with Crippen molar-refractivity contribution in [3.8, 4) is 0 Å². The van der Waals surface area contributed by atoms with E-state index in [2.05, 4.69) is 0 Å². The van der Waals surface area contributed by atoms with E-state index in [-0.39, 0.29) is 6.04 Å². The quantitative estimate of drug-likeness (QED) is 0.346. The van der Waals surface area contributed by atoms with Crippen molar-refractivity contribution < 1.29 is 14.0 Å². The van der Waals surface area contributed by atoms with E-state index >= 15 is 0 Å². The van der Waals surface area contributed by atoms with Crippen molar-refractivity contribution in [2.45, 2.75) is 38.4 Å². The Morgan fingerprint density at radius 1 is 1.75 bits per heavy atom. The number of rotatable bonds is 6. The zero-order valence-corrected chi connectivity index (χ0v) is 7.20. The minimum absolute atomic E-state index is 0.320. The summed E-state index contributed by atoms with van der Waals surface area (Å²) in [4.78, 5) is 15.4. The number of unbranched alkanes of at least 4 members (excludes halogenated alkanes) is 1. The highest BCUT2D eigenvalue weighted by molar-refractivity contribution is 5.47. The maximum absolute atomic E-state index is 12.4. The zero-order chi connectivity index (χ0) is 8.97. The molecule has 0 aromatic heterocycles. The fourth-order valence-corrected chi connectivity index (χ4v) is 0.934. The van der Waals surface area contributed by atoms with Crippen LogP contribution in [0.4, 0.5) is 4.39 Å². The standard InChI is InChI=1S/C8H14FNO2/c1-2-3-4-12-10(6-11)8-5-7(8)9/h6-8H,2-5H2,1H3. The van der Waals surface area contributed by atoms with E-state index in [1.807, 2.05) is 6.92 Å². The summed E-state index contributed by atoms with van der Waals surface area (Å²) in [6.07, 6.45) is 2.01. The van der Waals surface area contributed by atoms with Gasteiger partial charge in [0.2, 0.25) is 6.41 Å². The summed E-state index contributed by atoms with van der Waals surface area (Å²) in [7, 11) is 0. The molecule has 3 nitrogen and oxygen atoms in total. The zero-order valence-electron chi connectivity index (χ0n) is 7.20. The average molecular weight is 175 g/mol. The molecule has 2 atom stereocenters. The number of alkyl halides is 1. The first kappa shape index (κ1) is 9.45. The van der Waals surface area contributed by atoms with Gasteiger partial charge in [0.15, 0.2) is 0 Å². The molecule has 0 aromatic carbocycles.